The highest BCUT2D eigenvalue weighted by molar-refractivity contribution is 9.10. The molecule has 0 bridgehead atoms. The van der Waals surface area contributed by atoms with Gasteiger partial charge in [0.1, 0.15) is 0 Å². The Morgan fingerprint density at radius 1 is 1.53 bits per heavy atom. The van der Waals surface area contributed by atoms with Gasteiger partial charge in [-0.1, -0.05) is 6.42 Å². The van der Waals surface area contributed by atoms with Crippen molar-refractivity contribution in [2.75, 3.05) is 33.4 Å². The predicted molar refractivity (Wildman–Crippen MR) is 84.8 cm³/mol. The molecule has 1 aromatic rings. The van der Waals surface area contributed by atoms with Gasteiger partial charge in [-0.25, -0.2) is 0 Å². The molecular weight excluding hydrogens is 324 g/mol. The number of ether oxygens (including phenoxy) is 1. The minimum absolute atomic E-state index is 0.673. The predicted octanol–water partition coefficient (Wildman–Crippen LogP) is 3.10. The van der Waals surface area contributed by atoms with Crippen LogP contribution in [0.5, 0.6) is 0 Å². The third-order valence-electron chi connectivity index (χ3n) is 3.59. The fourth-order valence-corrected chi connectivity index (χ4v) is 4.05. The molecule has 1 fully saturated rings. The van der Waals surface area contributed by atoms with E-state index in [2.05, 4.69) is 37.6 Å². The van der Waals surface area contributed by atoms with Crippen LogP contribution in [0.15, 0.2) is 15.9 Å². The molecule has 1 unspecified atom stereocenters. The molecule has 0 aliphatic carbocycles. The minimum Gasteiger partial charge on any atom is -0.383 e. The monoisotopic (exact) mass is 346 g/mol. The molecule has 19 heavy (non-hydrogen) atoms. The Kier molecular flexibility index (Phi) is 6.81. The van der Waals surface area contributed by atoms with E-state index in [1.54, 1.807) is 7.11 Å². The van der Waals surface area contributed by atoms with Gasteiger partial charge in [0, 0.05) is 47.5 Å². The fourth-order valence-electron chi connectivity index (χ4n) is 2.58. The molecule has 1 aromatic heterocycles. The Hall–Kier alpha value is 0.0600. The average Bonchev–Trinajstić information content (AvgIpc) is 2.82. The lowest BCUT2D eigenvalue weighted by Gasteiger charge is -2.35. The second-order valence-electron chi connectivity index (χ2n) is 5.05. The smallest absolute Gasteiger partial charge is 0.0587 e. The van der Waals surface area contributed by atoms with Crippen molar-refractivity contribution in [3.63, 3.8) is 0 Å². The molecule has 0 amide bonds. The lowest BCUT2D eigenvalue weighted by Crippen LogP contribution is -2.45. The van der Waals surface area contributed by atoms with Crippen LogP contribution < -0.4 is 5.32 Å². The van der Waals surface area contributed by atoms with E-state index >= 15 is 0 Å². The SMILES string of the molecule is COCCNCC1CCCCN1Cc1cc(Br)cs1. The summed E-state index contributed by atoms with van der Waals surface area (Å²) in [7, 11) is 1.75. The van der Waals surface area contributed by atoms with Crippen molar-refractivity contribution in [2.45, 2.75) is 31.8 Å². The average molecular weight is 347 g/mol. The van der Waals surface area contributed by atoms with Gasteiger partial charge >= 0.3 is 0 Å². The number of methoxy groups -OCH3 is 1. The summed E-state index contributed by atoms with van der Waals surface area (Å²) in [4.78, 5) is 4.08. The number of piperidine rings is 1. The first kappa shape index (κ1) is 15.4. The van der Waals surface area contributed by atoms with Crippen LogP contribution in [0.4, 0.5) is 0 Å². The Bertz CT molecular complexity index is 372. The summed E-state index contributed by atoms with van der Waals surface area (Å²) in [5.74, 6) is 0. The molecule has 0 aromatic carbocycles. The maximum Gasteiger partial charge on any atom is 0.0587 e. The quantitative estimate of drug-likeness (QED) is 0.767. The zero-order chi connectivity index (χ0) is 13.5. The van der Waals surface area contributed by atoms with Crippen molar-refractivity contribution in [1.29, 1.82) is 0 Å². The summed E-state index contributed by atoms with van der Waals surface area (Å²) >= 11 is 5.39. The van der Waals surface area contributed by atoms with Crippen LogP contribution in [0.3, 0.4) is 0 Å². The highest BCUT2D eigenvalue weighted by atomic mass is 79.9. The molecule has 1 aliphatic heterocycles. The van der Waals surface area contributed by atoms with Gasteiger partial charge in [-0.15, -0.1) is 11.3 Å². The summed E-state index contributed by atoms with van der Waals surface area (Å²) in [5, 5.41) is 5.68. The highest BCUT2D eigenvalue weighted by Gasteiger charge is 2.22. The van der Waals surface area contributed by atoms with Crippen molar-refractivity contribution in [3.05, 3.63) is 20.8 Å². The number of likely N-dealkylation sites (tertiary alicyclic amines) is 1. The number of rotatable bonds is 7. The van der Waals surface area contributed by atoms with Gasteiger partial charge in [0.2, 0.25) is 0 Å². The third-order valence-corrected chi connectivity index (χ3v) is 5.28. The van der Waals surface area contributed by atoms with E-state index < -0.39 is 0 Å². The molecule has 0 radical (unpaired) electrons. The molecule has 1 aliphatic rings. The van der Waals surface area contributed by atoms with Crippen molar-refractivity contribution in [2.24, 2.45) is 0 Å². The Balaban J connectivity index is 1.81. The first-order chi connectivity index (χ1) is 9.29. The standard InChI is InChI=1S/C14H23BrN2OS/c1-18-7-5-16-9-13-4-2-3-6-17(13)10-14-8-12(15)11-19-14/h8,11,13,16H,2-7,9-10H2,1H3. The molecule has 0 saturated carbocycles. The van der Waals surface area contributed by atoms with E-state index in [1.165, 1.54) is 35.2 Å². The minimum atomic E-state index is 0.673. The molecule has 1 N–H and O–H groups in total. The molecule has 1 atom stereocenters. The Labute approximate surface area is 128 Å². The first-order valence-electron chi connectivity index (χ1n) is 6.96. The van der Waals surface area contributed by atoms with Crippen LogP contribution in [0.1, 0.15) is 24.1 Å². The van der Waals surface area contributed by atoms with E-state index in [-0.39, 0.29) is 0 Å². The van der Waals surface area contributed by atoms with Crippen molar-refractivity contribution >= 4 is 27.3 Å². The molecule has 0 spiro atoms. The second kappa shape index (κ2) is 8.37. The molecule has 2 heterocycles. The van der Waals surface area contributed by atoms with Gasteiger partial charge in [-0.3, -0.25) is 4.90 Å². The number of nitrogens with one attached hydrogen (secondary N) is 1. The van der Waals surface area contributed by atoms with Crippen LogP contribution in [0.2, 0.25) is 0 Å². The van der Waals surface area contributed by atoms with E-state index in [0.717, 1.165) is 26.2 Å². The summed E-state index contributed by atoms with van der Waals surface area (Å²) < 4.78 is 6.28. The number of hydrogen-bond donors (Lipinski definition) is 1. The van der Waals surface area contributed by atoms with Gasteiger partial charge in [0.25, 0.3) is 0 Å². The number of nitrogens with zero attached hydrogens (tertiary/aromatic N) is 1. The summed E-state index contributed by atoms with van der Waals surface area (Å²) in [6.07, 6.45) is 4.01. The largest absolute Gasteiger partial charge is 0.383 e. The molecular formula is C14H23BrN2OS. The van der Waals surface area contributed by atoms with Crippen molar-refractivity contribution in [1.82, 2.24) is 10.2 Å². The zero-order valence-electron chi connectivity index (χ0n) is 11.5. The number of hydrogen-bond acceptors (Lipinski definition) is 4. The summed E-state index contributed by atoms with van der Waals surface area (Å²) in [6.45, 7) is 5.14. The van der Waals surface area contributed by atoms with Crippen LogP contribution in [0.25, 0.3) is 0 Å². The number of thiophene rings is 1. The molecule has 108 valence electrons. The lowest BCUT2D eigenvalue weighted by atomic mass is 10.0. The van der Waals surface area contributed by atoms with E-state index in [4.69, 9.17) is 4.74 Å². The highest BCUT2D eigenvalue weighted by Crippen LogP contribution is 2.24. The van der Waals surface area contributed by atoms with E-state index in [0.29, 0.717) is 6.04 Å². The van der Waals surface area contributed by atoms with Crippen LogP contribution in [0, 0.1) is 0 Å². The Morgan fingerprint density at radius 2 is 2.42 bits per heavy atom. The van der Waals surface area contributed by atoms with E-state index in [9.17, 15) is 0 Å². The molecule has 2 rings (SSSR count). The van der Waals surface area contributed by atoms with Gasteiger partial charge in [-0.2, -0.15) is 0 Å². The van der Waals surface area contributed by atoms with E-state index in [1.807, 2.05) is 11.3 Å². The first-order valence-corrected chi connectivity index (χ1v) is 8.63. The topological polar surface area (TPSA) is 24.5 Å². The van der Waals surface area contributed by atoms with Crippen LogP contribution >= 0.6 is 27.3 Å². The molecule has 1 saturated heterocycles. The van der Waals surface area contributed by atoms with Crippen molar-refractivity contribution < 1.29 is 4.74 Å². The normalized spacial score (nSPS) is 20.8. The van der Waals surface area contributed by atoms with Crippen LogP contribution in [-0.2, 0) is 11.3 Å². The third kappa shape index (κ3) is 5.16. The zero-order valence-corrected chi connectivity index (χ0v) is 13.9. The molecule has 3 nitrogen and oxygen atoms in total. The lowest BCUT2D eigenvalue weighted by molar-refractivity contribution is 0.134. The van der Waals surface area contributed by atoms with Gasteiger partial charge in [-0.05, 0) is 41.4 Å². The van der Waals surface area contributed by atoms with Crippen LogP contribution in [-0.4, -0.2) is 44.3 Å². The Morgan fingerprint density at radius 3 is 3.16 bits per heavy atom. The molecule has 5 heteroatoms. The fraction of sp³-hybridized carbons (Fsp3) is 0.714. The van der Waals surface area contributed by atoms with Gasteiger partial charge in [0.05, 0.1) is 6.61 Å². The summed E-state index contributed by atoms with van der Waals surface area (Å²) in [6, 6.07) is 2.92. The second-order valence-corrected chi connectivity index (χ2v) is 6.96. The van der Waals surface area contributed by atoms with Gasteiger partial charge in [0.15, 0.2) is 0 Å². The van der Waals surface area contributed by atoms with Crippen molar-refractivity contribution in [3.8, 4) is 0 Å². The maximum absolute atomic E-state index is 5.08. The maximum atomic E-state index is 5.08. The van der Waals surface area contributed by atoms with Gasteiger partial charge < -0.3 is 10.1 Å². The number of halogens is 1. The summed E-state index contributed by atoms with van der Waals surface area (Å²) in [5.41, 5.74) is 0.